The molecule has 0 unspecified atom stereocenters. The zero-order chi connectivity index (χ0) is 20.3. The number of rotatable bonds is 4. The van der Waals surface area contributed by atoms with Crippen molar-refractivity contribution in [3.63, 3.8) is 0 Å². The SMILES string of the molecule is O=c1ccc(-c2ccc(N3CCOCC3)cc2)nn1Cc1ccc2ncccc2c1. The molecule has 0 saturated carbocycles. The van der Waals surface area contributed by atoms with Crippen LogP contribution in [0.3, 0.4) is 0 Å². The van der Waals surface area contributed by atoms with Gasteiger partial charge in [0.25, 0.3) is 5.56 Å². The average Bonchev–Trinajstić information content (AvgIpc) is 2.81. The topological polar surface area (TPSA) is 60.3 Å². The van der Waals surface area contributed by atoms with Crippen LogP contribution in [0.4, 0.5) is 5.69 Å². The summed E-state index contributed by atoms with van der Waals surface area (Å²) >= 11 is 0. The number of hydrogen-bond acceptors (Lipinski definition) is 5. The molecule has 2 aromatic carbocycles. The van der Waals surface area contributed by atoms with Crippen LogP contribution >= 0.6 is 0 Å². The number of anilines is 1. The summed E-state index contributed by atoms with van der Waals surface area (Å²) in [6, 6.07) is 21.7. The lowest BCUT2D eigenvalue weighted by atomic mass is 10.1. The van der Waals surface area contributed by atoms with E-state index < -0.39 is 0 Å². The number of morpholine rings is 1. The molecule has 0 bridgehead atoms. The molecule has 150 valence electrons. The lowest BCUT2D eigenvalue weighted by molar-refractivity contribution is 0.122. The molecule has 6 nitrogen and oxygen atoms in total. The number of hydrogen-bond donors (Lipinski definition) is 0. The van der Waals surface area contributed by atoms with Crippen molar-refractivity contribution < 1.29 is 4.74 Å². The Morgan fingerprint density at radius 3 is 2.60 bits per heavy atom. The maximum Gasteiger partial charge on any atom is 0.267 e. The van der Waals surface area contributed by atoms with Crippen molar-refractivity contribution in [3.05, 3.63) is 88.8 Å². The van der Waals surface area contributed by atoms with E-state index in [-0.39, 0.29) is 5.56 Å². The number of nitrogens with zero attached hydrogens (tertiary/aromatic N) is 4. The van der Waals surface area contributed by atoms with E-state index in [0.717, 1.165) is 54.0 Å². The van der Waals surface area contributed by atoms with E-state index in [1.54, 1.807) is 18.3 Å². The van der Waals surface area contributed by atoms with Gasteiger partial charge in [-0.15, -0.1) is 0 Å². The maximum absolute atomic E-state index is 12.4. The van der Waals surface area contributed by atoms with E-state index in [2.05, 4.69) is 45.3 Å². The van der Waals surface area contributed by atoms with Gasteiger partial charge >= 0.3 is 0 Å². The molecule has 1 fully saturated rings. The highest BCUT2D eigenvalue weighted by Crippen LogP contribution is 2.22. The minimum Gasteiger partial charge on any atom is -0.378 e. The Labute approximate surface area is 174 Å². The Morgan fingerprint density at radius 1 is 0.933 bits per heavy atom. The van der Waals surface area contributed by atoms with Crippen molar-refractivity contribution in [3.8, 4) is 11.3 Å². The van der Waals surface area contributed by atoms with Crippen LogP contribution in [0, 0.1) is 0 Å². The molecule has 2 aromatic heterocycles. The van der Waals surface area contributed by atoms with Crippen molar-refractivity contribution in [2.75, 3.05) is 31.2 Å². The molecule has 0 aliphatic carbocycles. The van der Waals surface area contributed by atoms with Gasteiger partial charge in [0.2, 0.25) is 0 Å². The molecule has 3 heterocycles. The number of ether oxygens (including phenoxy) is 1. The zero-order valence-electron chi connectivity index (χ0n) is 16.6. The first kappa shape index (κ1) is 18.5. The standard InChI is InChI=1S/C24H22N4O2/c29-24-10-9-23(19-4-6-21(7-5-19)27-12-14-30-15-13-27)26-28(24)17-18-3-8-22-20(16-18)2-1-11-25-22/h1-11,16H,12-15,17H2. The Hall–Kier alpha value is -3.51. The van der Waals surface area contributed by atoms with Crippen LogP contribution in [-0.2, 0) is 11.3 Å². The van der Waals surface area contributed by atoms with E-state index in [1.807, 2.05) is 24.3 Å². The highest BCUT2D eigenvalue weighted by Gasteiger charge is 2.11. The van der Waals surface area contributed by atoms with Crippen LogP contribution < -0.4 is 10.5 Å². The summed E-state index contributed by atoms with van der Waals surface area (Å²) in [5.41, 5.74) is 4.80. The second-order valence-corrected chi connectivity index (χ2v) is 7.39. The van der Waals surface area contributed by atoms with Gasteiger partial charge in [-0.25, -0.2) is 4.68 Å². The molecule has 30 heavy (non-hydrogen) atoms. The second kappa shape index (κ2) is 8.08. The fourth-order valence-corrected chi connectivity index (χ4v) is 3.78. The minimum atomic E-state index is -0.116. The van der Waals surface area contributed by atoms with Crippen LogP contribution in [0.25, 0.3) is 22.2 Å². The molecule has 4 aromatic rings. The predicted molar refractivity (Wildman–Crippen MR) is 118 cm³/mol. The van der Waals surface area contributed by atoms with Gasteiger partial charge in [-0.2, -0.15) is 5.10 Å². The lowest BCUT2D eigenvalue weighted by Gasteiger charge is -2.28. The summed E-state index contributed by atoms with van der Waals surface area (Å²) in [7, 11) is 0. The van der Waals surface area contributed by atoms with Gasteiger partial charge in [0.05, 0.1) is 31.0 Å². The van der Waals surface area contributed by atoms with Crippen LogP contribution in [0.15, 0.2) is 77.7 Å². The molecule has 6 heteroatoms. The molecule has 1 aliphatic heterocycles. The Morgan fingerprint density at radius 2 is 1.77 bits per heavy atom. The quantitative estimate of drug-likeness (QED) is 0.528. The van der Waals surface area contributed by atoms with Gasteiger partial charge < -0.3 is 9.64 Å². The normalized spacial score (nSPS) is 14.2. The van der Waals surface area contributed by atoms with Gasteiger partial charge in [0.1, 0.15) is 0 Å². The number of aromatic nitrogens is 3. The molecule has 0 radical (unpaired) electrons. The number of benzene rings is 2. The van der Waals surface area contributed by atoms with Crippen LogP contribution in [0.1, 0.15) is 5.56 Å². The summed E-state index contributed by atoms with van der Waals surface area (Å²) < 4.78 is 6.94. The first-order valence-electron chi connectivity index (χ1n) is 10.1. The molecule has 1 saturated heterocycles. The van der Waals surface area contributed by atoms with E-state index in [0.29, 0.717) is 6.54 Å². The van der Waals surface area contributed by atoms with E-state index in [9.17, 15) is 4.79 Å². The number of pyridine rings is 1. The van der Waals surface area contributed by atoms with Gasteiger partial charge in [-0.05, 0) is 42.0 Å². The van der Waals surface area contributed by atoms with Gasteiger partial charge in [-0.1, -0.05) is 24.3 Å². The molecule has 5 rings (SSSR count). The van der Waals surface area contributed by atoms with E-state index in [4.69, 9.17) is 4.74 Å². The minimum absolute atomic E-state index is 0.116. The second-order valence-electron chi connectivity index (χ2n) is 7.39. The Bertz CT molecular complexity index is 1230. The van der Waals surface area contributed by atoms with Crippen LogP contribution in [0.5, 0.6) is 0 Å². The van der Waals surface area contributed by atoms with Crippen molar-refractivity contribution in [1.82, 2.24) is 14.8 Å². The Balaban J connectivity index is 1.40. The highest BCUT2D eigenvalue weighted by atomic mass is 16.5. The summed E-state index contributed by atoms with van der Waals surface area (Å²) in [5, 5.41) is 5.67. The zero-order valence-corrected chi connectivity index (χ0v) is 16.6. The third-order valence-electron chi connectivity index (χ3n) is 5.41. The first-order chi connectivity index (χ1) is 14.8. The number of fused-ring (bicyclic) bond motifs is 1. The smallest absolute Gasteiger partial charge is 0.267 e. The van der Waals surface area contributed by atoms with Gasteiger partial charge in [0.15, 0.2) is 0 Å². The van der Waals surface area contributed by atoms with Crippen LogP contribution in [0.2, 0.25) is 0 Å². The van der Waals surface area contributed by atoms with E-state index >= 15 is 0 Å². The summed E-state index contributed by atoms with van der Waals surface area (Å²) in [5.74, 6) is 0. The van der Waals surface area contributed by atoms with Gasteiger partial charge in [-0.3, -0.25) is 9.78 Å². The first-order valence-corrected chi connectivity index (χ1v) is 10.1. The Kier molecular flexibility index (Phi) is 4.99. The fourth-order valence-electron chi connectivity index (χ4n) is 3.78. The van der Waals surface area contributed by atoms with Crippen molar-refractivity contribution in [1.29, 1.82) is 0 Å². The predicted octanol–water partition coefficient (Wildman–Crippen LogP) is 3.34. The van der Waals surface area contributed by atoms with Crippen molar-refractivity contribution in [2.45, 2.75) is 6.54 Å². The molecular weight excluding hydrogens is 376 g/mol. The molecule has 0 spiro atoms. The summed E-state index contributed by atoms with van der Waals surface area (Å²) in [6.45, 7) is 3.76. The summed E-state index contributed by atoms with van der Waals surface area (Å²) in [4.78, 5) is 19.1. The largest absolute Gasteiger partial charge is 0.378 e. The van der Waals surface area contributed by atoms with E-state index in [1.165, 1.54) is 10.4 Å². The molecule has 0 N–H and O–H groups in total. The molecular formula is C24H22N4O2. The fraction of sp³-hybridized carbons (Fsp3) is 0.208. The van der Waals surface area contributed by atoms with Crippen molar-refractivity contribution in [2.24, 2.45) is 0 Å². The third-order valence-corrected chi connectivity index (χ3v) is 5.41. The third kappa shape index (κ3) is 3.82. The average molecular weight is 398 g/mol. The molecule has 1 aliphatic rings. The lowest BCUT2D eigenvalue weighted by Crippen LogP contribution is -2.36. The maximum atomic E-state index is 12.4. The molecule has 0 atom stereocenters. The van der Waals surface area contributed by atoms with Crippen molar-refractivity contribution >= 4 is 16.6 Å². The van der Waals surface area contributed by atoms with Gasteiger partial charge in [0, 0.05) is 42.0 Å². The van der Waals surface area contributed by atoms with Crippen LogP contribution in [-0.4, -0.2) is 41.1 Å². The highest BCUT2D eigenvalue weighted by molar-refractivity contribution is 5.78. The molecule has 0 amide bonds. The monoisotopic (exact) mass is 398 g/mol. The summed E-state index contributed by atoms with van der Waals surface area (Å²) in [6.07, 6.45) is 1.78.